The van der Waals surface area contributed by atoms with Crippen molar-refractivity contribution in [2.45, 2.75) is 18.4 Å². The first kappa shape index (κ1) is 12.8. The lowest BCUT2D eigenvalue weighted by atomic mass is 9.89. The molecule has 0 fully saturated rings. The third kappa shape index (κ3) is 2.07. The molecule has 0 radical (unpaired) electrons. The first-order valence-corrected chi connectivity index (χ1v) is 6.92. The Morgan fingerprint density at radius 2 is 1.95 bits per heavy atom. The molecule has 1 aliphatic rings. The predicted octanol–water partition coefficient (Wildman–Crippen LogP) is 3.52. The van der Waals surface area contributed by atoms with Crippen molar-refractivity contribution in [3.05, 3.63) is 78.0 Å². The van der Waals surface area contributed by atoms with Gasteiger partial charge >= 0.3 is 0 Å². The van der Waals surface area contributed by atoms with E-state index in [0.29, 0.717) is 11.8 Å². The highest BCUT2D eigenvalue weighted by molar-refractivity contribution is 5.48. The maximum absolute atomic E-state index is 9.81. The zero-order valence-electron chi connectivity index (χ0n) is 11.7. The number of likely N-dealkylation sites (N-methyl/N-ethyl adjacent to an activating group) is 1. The number of rotatable bonds is 3. The van der Waals surface area contributed by atoms with Gasteiger partial charge in [-0.2, -0.15) is 0 Å². The lowest BCUT2D eigenvalue weighted by Gasteiger charge is -2.29. The molecule has 0 saturated carbocycles. The fraction of sp³-hybridized carbons (Fsp3) is 0.222. The van der Waals surface area contributed by atoms with Crippen LogP contribution in [0.5, 0.6) is 5.75 Å². The average molecular weight is 265 g/mol. The molecule has 2 aromatic rings. The van der Waals surface area contributed by atoms with Crippen molar-refractivity contribution < 1.29 is 5.11 Å². The molecule has 0 bridgehead atoms. The highest BCUT2D eigenvalue weighted by Gasteiger charge is 2.35. The number of phenols is 1. The topological polar surface area (TPSA) is 23.5 Å². The minimum Gasteiger partial charge on any atom is -0.508 e. The third-order valence-corrected chi connectivity index (χ3v) is 4.25. The van der Waals surface area contributed by atoms with Gasteiger partial charge in [0.15, 0.2) is 0 Å². The van der Waals surface area contributed by atoms with Crippen LogP contribution < -0.4 is 0 Å². The van der Waals surface area contributed by atoms with Gasteiger partial charge in [-0.25, -0.2) is 0 Å². The van der Waals surface area contributed by atoms with Gasteiger partial charge in [-0.15, -0.1) is 0 Å². The Bertz CT molecular complexity index is 621. The second kappa shape index (κ2) is 5.04. The normalized spacial score (nSPS) is 20.4. The molecular formula is C18H19NO. The Hall–Kier alpha value is -2.22. The highest BCUT2D eigenvalue weighted by Crippen LogP contribution is 2.41. The molecule has 2 heteroatoms. The molecule has 1 aliphatic carbocycles. The molecule has 0 spiro atoms. The van der Waals surface area contributed by atoms with Crippen molar-refractivity contribution >= 4 is 0 Å². The van der Waals surface area contributed by atoms with Crippen molar-refractivity contribution in [3.63, 3.8) is 0 Å². The second-order valence-corrected chi connectivity index (χ2v) is 5.39. The van der Waals surface area contributed by atoms with Gasteiger partial charge in [-0.05, 0) is 41.4 Å². The van der Waals surface area contributed by atoms with E-state index in [-0.39, 0.29) is 5.92 Å². The van der Waals surface area contributed by atoms with Crippen molar-refractivity contribution in [3.8, 4) is 5.75 Å². The summed E-state index contributed by atoms with van der Waals surface area (Å²) in [5, 5.41) is 9.81. The molecule has 0 unspecified atom stereocenters. The van der Waals surface area contributed by atoms with Crippen molar-refractivity contribution in [1.82, 2.24) is 4.90 Å². The lowest BCUT2D eigenvalue weighted by Crippen LogP contribution is -2.31. The Morgan fingerprint density at radius 1 is 1.20 bits per heavy atom. The summed E-state index contributed by atoms with van der Waals surface area (Å²) < 4.78 is 0. The van der Waals surface area contributed by atoms with Gasteiger partial charge in [0, 0.05) is 19.0 Å². The summed E-state index contributed by atoms with van der Waals surface area (Å²) in [6.07, 6.45) is 2.87. The van der Waals surface area contributed by atoms with Crippen molar-refractivity contribution in [2.24, 2.45) is 0 Å². The SMILES string of the molecule is C=CN(C)[C@@H]1Cc2ccc(O)cc2[C@@H]1c1ccccc1. The Morgan fingerprint density at radius 3 is 2.65 bits per heavy atom. The van der Waals surface area contributed by atoms with E-state index in [1.165, 1.54) is 16.7 Å². The highest BCUT2D eigenvalue weighted by atomic mass is 16.3. The summed E-state index contributed by atoms with van der Waals surface area (Å²) in [7, 11) is 2.07. The molecule has 0 aromatic heterocycles. The molecule has 2 nitrogen and oxygen atoms in total. The van der Waals surface area contributed by atoms with Crippen LogP contribution in [0.25, 0.3) is 0 Å². The number of benzene rings is 2. The molecule has 2 atom stereocenters. The van der Waals surface area contributed by atoms with Gasteiger partial charge in [-0.1, -0.05) is 43.0 Å². The monoisotopic (exact) mass is 265 g/mol. The van der Waals surface area contributed by atoms with Gasteiger partial charge in [-0.3, -0.25) is 0 Å². The Balaban J connectivity index is 2.11. The molecule has 102 valence electrons. The van der Waals surface area contributed by atoms with E-state index in [1.54, 1.807) is 6.07 Å². The van der Waals surface area contributed by atoms with Gasteiger partial charge in [0.05, 0.1) is 0 Å². The third-order valence-electron chi connectivity index (χ3n) is 4.25. The van der Waals surface area contributed by atoms with E-state index in [0.717, 1.165) is 6.42 Å². The smallest absolute Gasteiger partial charge is 0.115 e. The zero-order chi connectivity index (χ0) is 14.1. The Labute approximate surface area is 120 Å². The van der Waals surface area contributed by atoms with Gasteiger partial charge in [0.1, 0.15) is 5.75 Å². The zero-order valence-corrected chi connectivity index (χ0v) is 11.7. The number of hydrogen-bond donors (Lipinski definition) is 1. The van der Waals surface area contributed by atoms with E-state index in [9.17, 15) is 5.11 Å². The average Bonchev–Trinajstić information content (AvgIpc) is 2.85. The number of fused-ring (bicyclic) bond motifs is 1. The summed E-state index contributed by atoms with van der Waals surface area (Å²) in [5.41, 5.74) is 3.83. The maximum Gasteiger partial charge on any atom is 0.115 e. The van der Waals surface area contributed by atoms with Gasteiger partial charge in [0.25, 0.3) is 0 Å². The van der Waals surface area contributed by atoms with E-state index in [4.69, 9.17) is 0 Å². The number of nitrogens with zero attached hydrogens (tertiary/aromatic N) is 1. The fourth-order valence-electron chi connectivity index (χ4n) is 3.18. The van der Waals surface area contributed by atoms with Crippen LogP contribution in [0.15, 0.2) is 61.3 Å². The minimum atomic E-state index is 0.279. The van der Waals surface area contributed by atoms with Crippen LogP contribution in [0.2, 0.25) is 0 Å². The summed E-state index contributed by atoms with van der Waals surface area (Å²) >= 11 is 0. The van der Waals surface area contributed by atoms with Crippen LogP contribution >= 0.6 is 0 Å². The fourth-order valence-corrected chi connectivity index (χ4v) is 3.18. The molecule has 20 heavy (non-hydrogen) atoms. The quantitative estimate of drug-likeness (QED) is 0.917. The summed E-state index contributed by atoms with van der Waals surface area (Å²) in [5.74, 6) is 0.618. The Kier molecular flexibility index (Phi) is 3.23. The lowest BCUT2D eigenvalue weighted by molar-refractivity contribution is 0.317. The molecule has 0 aliphatic heterocycles. The molecule has 2 aromatic carbocycles. The summed E-state index contributed by atoms with van der Waals surface area (Å²) in [6, 6.07) is 16.6. The van der Waals surface area contributed by atoms with Crippen LogP contribution in [-0.2, 0) is 6.42 Å². The molecule has 3 rings (SSSR count). The van der Waals surface area contributed by atoms with E-state index in [1.807, 2.05) is 24.4 Å². The maximum atomic E-state index is 9.81. The minimum absolute atomic E-state index is 0.279. The standard InChI is InChI=1S/C18H19NO/c1-3-19(2)17-11-14-9-10-15(20)12-16(14)18(17)13-7-5-4-6-8-13/h3-10,12,17-18,20H,1,11H2,2H3/t17-,18+/m1/s1. The number of hydrogen-bond acceptors (Lipinski definition) is 2. The summed E-state index contributed by atoms with van der Waals surface area (Å²) in [4.78, 5) is 2.18. The molecule has 0 heterocycles. The van der Waals surface area contributed by atoms with Crippen LogP contribution in [0.3, 0.4) is 0 Å². The van der Waals surface area contributed by atoms with Gasteiger partial charge < -0.3 is 10.0 Å². The molecular weight excluding hydrogens is 246 g/mol. The number of phenolic OH excluding ortho intramolecular Hbond substituents is 1. The molecule has 0 amide bonds. The molecule has 0 saturated heterocycles. The van der Waals surface area contributed by atoms with Crippen LogP contribution in [0.4, 0.5) is 0 Å². The van der Waals surface area contributed by atoms with Crippen LogP contribution in [-0.4, -0.2) is 23.1 Å². The number of aromatic hydroxyl groups is 1. The van der Waals surface area contributed by atoms with Crippen LogP contribution in [0.1, 0.15) is 22.6 Å². The first-order chi connectivity index (χ1) is 9.70. The van der Waals surface area contributed by atoms with E-state index in [2.05, 4.69) is 42.8 Å². The van der Waals surface area contributed by atoms with Crippen molar-refractivity contribution in [1.29, 1.82) is 0 Å². The first-order valence-electron chi connectivity index (χ1n) is 6.92. The summed E-state index contributed by atoms with van der Waals surface area (Å²) in [6.45, 7) is 3.89. The largest absolute Gasteiger partial charge is 0.508 e. The van der Waals surface area contributed by atoms with Crippen molar-refractivity contribution in [2.75, 3.05) is 7.05 Å². The predicted molar refractivity (Wildman–Crippen MR) is 81.8 cm³/mol. The van der Waals surface area contributed by atoms with E-state index < -0.39 is 0 Å². The van der Waals surface area contributed by atoms with Crippen LogP contribution in [0, 0.1) is 0 Å². The van der Waals surface area contributed by atoms with Gasteiger partial charge in [0.2, 0.25) is 0 Å². The molecule has 1 N–H and O–H groups in total. The van der Waals surface area contributed by atoms with E-state index >= 15 is 0 Å². The second-order valence-electron chi connectivity index (χ2n) is 5.39.